The maximum absolute atomic E-state index is 15.5. The van der Waals surface area contributed by atoms with Gasteiger partial charge in [-0.05, 0) is 38.5 Å². The fourth-order valence-corrected chi connectivity index (χ4v) is 5.77. The molecule has 3 rings (SSSR count). The number of aromatic nitrogens is 1. The smallest absolute Gasteiger partial charge is 0.331 e. The fraction of sp³-hybridized carbons (Fsp3) is 0.600. The van der Waals surface area contributed by atoms with Crippen LogP contribution in [0.4, 0.5) is 22.4 Å². The summed E-state index contributed by atoms with van der Waals surface area (Å²) in [6.45, 7) is -1.50. The molecular weight excluding hydrogens is 595 g/mol. The van der Waals surface area contributed by atoms with Crippen LogP contribution in [0.5, 0.6) is 0 Å². The molecule has 1 unspecified atom stereocenters. The summed E-state index contributed by atoms with van der Waals surface area (Å²) in [6.07, 6.45) is -0.868. The van der Waals surface area contributed by atoms with E-state index in [0.717, 1.165) is 12.4 Å². The van der Waals surface area contributed by atoms with Crippen LogP contribution in [-0.4, -0.2) is 76.5 Å². The van der Waals surface area contributed by atoms with Crippen molar-refractivity contribution in [3.05, 3.63) is 32.9 Å². The second kappa shape index (κ2) is 13.8. The number of carbonyl (C=O) groups is 3. The second-order valence-corrected chi connectivity index (χ2v) is 11.0. The fourth-order valence-electron chi connectivity index (χ4n) is 5.19. The lowest BCUT2D eigenvalue weighted by Gasteiger charge is -2.32. The van der Waals surface area contributed by atoms with Crippen molar-refractivity contribution in [3.63, 3.8) is 0 Å². The van der Waals surface area contributed by atoms with Gasteiger partial charge in [-0.1, -0.05) is 36.0 Å². The van der Waals surface area contributed by atoms with Gasteiger partial charge < -0.3 is 15.6 Å². The Hall–Kier alpha value is -3.00. The molecule has 1 aromatic heterocycles. The molecule has 3 amide bonds. The van der Waals surface area contributed by atoms with Crippen molar-refractivity contribution in [1.82, 2.24) is 15.2 Å². The summed E-state index contributed by atoms with van der Waals surface area (Å²) in [6, 6.07) is -2.45. The lowest BCUT2D eigenvalue weighted by molar-refractivity contribution is -0.134. The average molecular weight is 623 g/mol. The van der Waals surface area contributed by atoms with Gasteiger partial charge in [0.25, 0.3) is 0 Å². The van der Waals surface area contributed by atoms with Crippen LogP contribution in [0.15, 0.2) is 22.6 Å². The van der Waals surface area contributed by atoms with Crippen molar-refractivity contribution in [2.45, 2.75) is 75.3 Å². The highest BCUT2D eigenvalue weighted by atomic mass is 35.5. The van der Waals surface area contributed by atoms with E-state index in [1.54, 1.807) is 0 Å². The van der Waals surface area contributed by atoms with Crippen LogP contribution in [0.2, 0.25) is 10.0 Å². The van der Waals surface area contributed by atoms with Crippen LogP contribution in [0.3, 0.4) is 0 Å². The zero-order valence-electron chi connectivity index (χ0n) is 21.7. The van der Waals surface area contributed by atoms with Gasteiger partial charge in [0.15, 0.2) is 5.78 Å². The molecule has 1 atom stereocenters. The third kappa shape index (κ3) is 8.51. The number of Topliss-reactive ketones (excluding diaryl/α,β-unsaturated/α-hetero) is 1. The van der Waals surface area contributed by atoms with Crippen molar-refractivity contribution in [3.8, 4) is 0 Å². The standard InChI is InChI=1S/C25H28Cl2F4N6O4/c26-17-10-33-11-18(27)20(17)19(38)12-37(13-24(28)7-1-2-8-24)22(39)16(9-32)21(25(29,30)31)34-14-3-5-15(6-4-14)35-23(40)36-41/h9-11,14-16,32H,1-8,12-13H2,(H,35,40). The quantitative estimate of drug-likeness (QED) is 0.148. The largest absolute Gasteiger partial charge is 0.430 e. The summed E-state index contributed by atoms with van der Waals surface area (Å²) in [7, 11) is 0. The predicted molar refractivity (Wildman–Crippen MR) is 144 cm³/mol. The van der Waals surface area contributed by atoms with Gasteiger partial charge in [-0.2, -0.15) is 13.2 Å². The zero-order chi connectivity index (χ0) is 30.4. The number of rotatable bonds is 10. The van der Waals surface area contributed by atoms with Gasteiger partial charge in [-0.15, -0.1) is 4.91 Å². The third-order valence-electron chi connectivity index (χ3n) is 7.20. The molecule has 1 aromatic rings. The molecule has 0 saturated heterocycles. The van der Waals surface area contributed by atoms with Crippen LogP contribution in [0.1, 0.15) is 61.7 Å². The Morgan fingerprint density at radius 2 is 1.73 bits per heavy atom. The predicted octanol–water partition coefficient (Wildman–Crippen LogP) is 5.74. The number of nitrogens with zero attached hydrogens (tertiary/aromatic N) is 4. The molecule has 0 bridgehead atoms. The van der Waals surface area contributed by atoms with Gasteiger partial charge in [0, 0.05) is 29.8 Å². The molecule has 0 aliphatic heterocycles. The molecule has 0 spiro atoms. The van der Waals surface area contributed by atoms with Crippen molar-refractivity contribution in [2.75, 3.05) is 13.1 Å². The van der Waals surface area contributed by atoms with Crippen molar-refractivity contribution < 1.29 is 31.9 Å². The number of halogens is 6. The topological polar surface area (TPSA) is 145 Å². The highest BCUT2D eigenvalue weighted by Crippen LogP contribution is 2.35. The molecule has 16 heteroatoms. The highest BCUT2D eigenvalue weighted by Gasteiger charge is 2.47. The molecular formula is C25H28Cl2F4N6O4. The summed E-state index contributed by atoms with van der Waals surface area (Å²) in [5.74, 6) is -4.39. The molecule has 2 N–H and O–H groups in total. The number of nitrogens with one attached hydrogen (secondary N) is 2. The van der Waals surface area contributed by atoms with E-state index in [2.05, 4.69) is 20.5 Å². The maximum Gasteiger partial charge on any atom is 0.430 e. The first-order chi connectivity index (χ1) is 19.3. The molecule has 2 aliphatic carbocycles. The number of carbonyl (C=O) groups excluding carboxylic acids is 3. The molecule has 0 aromatic carbocycles. The molecule has 0 radical (unpaired) electrons. The molecule has 2 fully saturated rings. The van der Waals surface area contributed by atoms with E-state index >= 15 is 4.39 Å². The minimum Gasteiger partial charge on any atom is -0.331 e. The lowest BCUT2D eigenvalue weighted by Crippen LogP contribution is -2.50. The van der Waals surface area contributed by atoms with E-state index in [0.29, 0.717) is 17.7 Å². The number of ketones is 1. The van der Waals surface area contributed by atoms with Gasteiger partial charge >= 0.3 is 12.2 Å². The summed E-state index contributed by atoms with van der Waals surface area (Å²) in [5, 5.41) is 12.0. The average Bonchev–Trinajstić information content (AvgIpc) is 3.34. The van der Waals surface area contributed by atoms with Crippen molar-refractivity contribution >= 4 is 52.8 Å². The molecule has 41 heavy (non-hydrogen) atoms. The Morgan fingerprint density at radius 3 is 2.24 bits per heavy atom. The Morgan fingerprint density at radius 1 is 1.15 bits per heavy atom. The number of urea groups is 1. The zero-order valence-corrected chi connectivity index (χ0v) is 23.2. The van der Waals surface area contributed by atoms with Gasteiger partial charge in [0.2, 0.25) is 5.91 Å². The Labute approximate surface area is 242 Å². The van der Waals surface area contributed by atoms with E-state index in [1.807, 2.05) is 0 Å². The number of hydrogen-bond acceptors (Lipinski definition) is 7. The molecule has 1 heterocycles. The summed E-state index contributed by atoms with van der Waals surface area (Å²) >= 11 is 12.1. The van der Waals surface area contributed by atoms with Gasteiger partial charge in [0.1, 0.15) is 17.3 Å². The summed E-state index contributed by atoms with van der Waals surface area (Å²) in [5.41, 5.74) is -3.69. The number of nitroso groups, excluding NO2 is 1. The van der Waals surface area contributed by atoms with E-state index < -0.39 is 66.4 Å². The van der Waals surface area contributed by atoms with E-state index in [1.165, 1.54) is 0 Å². The monoisotopic (exact) mass is 622 g/mol. The SMILES string of the molecule is N=CC(C(=O)N(CC(=O)c1c(Cl)cncc1Cl)CC1(F)CCCC1)C(=NC1CCC(NC(=O)N=O)CC1)C(F)(F)F. The van der Waals surface area contributed by atoms with E-state index in [9.17, 15) is 32.5 Å². The first-order valence-corrected chi connectivity index (χ1v) is 13.6. The number of alkyl halides is 4. The minimum atomic E-state index is -5.13. The number of hydrogen-bond donors (Lipinski definition) is 2. The van der Waals surface area contributed by atoms with E-state index in [-0.39, 0.29) is 60.3 Å². The first kappa shape index (κ1) is 32.5. The number of amides is 3. The summed E-state index contributed by atoms with van der Waals surface area (Å²) < 4.78 is 58.3. The van der Waals surface area contributed by atoms with Crippen LogP contribution in [-0.2, 0) is 4.79 Å². The maximum atomic E-state index is 15.5. The Bertz CT molecular complexity index is 1180. The van der Waals surface area contributed by atoms with Crippen LogP contribution >= 0.6 is 23.2 Å². The molecule has 224 valence electrons. The van der Waals surface area contributed by atoms with Gasteiger partial charge in [-0.25, -0.2) is 9.18 Å². The molecule has 2 aliphatic rings. The van der Waals surface area contributed by atoms with Crippen LogP contribution in [0.25, 0.3) is 0 Å². The highest BCUT2D eigenvalue weighted by molar-refractivity contribution is 6.39. The lowest BCUT2D eigenvalue weighted by atomic mass is 9.91. The normalized spacial score (nSPS) is 21.6. The number of pyridine rings is 1. The van der Waals surface area contributed by atoms with Gasteiger partial charge in [-0.3, -0.25) is 19.6 Å². The Balaban J connectivity index is 1.90. The van der Waals surface area contributed by atoms with Crippen molar-refractivity contribution in [1.29, 1.82) is 5.41 Å². The van der Waals surface area contributed by atoms with E-state index in [4.69, 9.17) is 28.6 Å². The van der Waals surface area contributed by atoms with Gasteiger partial charge in [0.05, 0.1) is 34.7 Å². The first-order valence-electron chi connectivity index (χ1n) is 12.9. The third-order valence-corrected chi connectivity index (χ3v) is 7.77. The molecule has 10 nitrogen and oxygen atoms in total. The summed E-state index contributed by atoms with van der Waals surface area (Å²) in [4.78, 5) is 56.4. The Kier molecular flexibility index (Phi) is 10.9. The molecule has 2 saturated carbocycles. The number of aliphatic imine (C=N–C) groups is 1. The van der Waals surface area contributed by atoms with Crippen LogP contribution in [0, 0.1) is 16.2 Å². The van der Waals surface area contributed by atoms with Crippen LogP contribution < -0.4 is 5.32 Å². The van der Waals surface area contributed by atoms with Crippen molar-refractivity contribution in [2.24, 2.45) is 16.1 Å². The minimum absolute atomic E-state index is 0.0522. The second-order valence-electron chi connectivity index (χ2n) is 10.2.